The van der Waals surface area contributed by atoms with Gasteiger partial charge in [-0.15, -0.1) is 0 Å². The molecule has 88 valence electrons. The van der Waals surface area contributed by atoms with Crippen LogP contribution in [0.3, 0.4) is 0 Å². The van der Waals surface area contributed by atoms with Gasteiger partial charge in [0, 0.05) is 23.5 Å². The van der Waals surface area contributed by atoms with Crippen molar-refractivity contribution in [1.82, 2.24) is 4.98 Å². The Kier molecular flexibility index (Phi) is 4.02. The molecule has 0 unspecified atom stereocenters. The van der Waals surface area contributed by atoms with E-state index >= 15 is 0 Å². The van der Waals surface area contributed by atoms with Gasteiger partial charge in [0.05, 0.1) is 4.47 Å². The lowest BCUT2D eigenvalue weighted by Crippen LogP contribution is -1.89. The van der Waals surface area contributed by atoms with Crippen LogP contribution in [0.5, 0.6) is 11.5 Å². The largest absolute Gasteiger partial charge is 0.456 e. The van der Waals surface area contributed by atoms with E-state index in [2.05, 4.69) is 27.8 Å². The quantitative estimate of drug-likeness (QED) is 0.808. The summed E-state index contributed by atoms with van der Waals surface area (Å²) < 4.78 is 6.59. The number of pyridine rings is 1. The van der Waals surface area contributed by atoms with Crippen LogP contribution in [-0.2, 0) is 6.42 Å². The number of halogens is 2. The summed E-state index contributed by atoms with van der Waals surface area (Å²) in [4.78, 5) is 3.99. The minimum Gasteiger partial charge on any atom is -0.456 e. The van der Waals surface area contributed by atoms with E-state index in [-0.39, 0.29) is 0 Å². The van der Waals surface area contributed by atoms with Gasteiger partial charge < -0.3 is 4.74 Å². The van der Waals surface area contributed by atoms with Crippen molar-refractivity contribution in [1.29, 1.82) is 0 Å². The van der Waals surface area contributed by atoms with Crippen LogP contribution >= 0.6 is 27.5 Å². The van der Waals surface area contributed by atoms with Crippen molar-refractivity contribution in [2.45, 2.75) is 13.3 Å². The molecule has 2 aromatic rings. The van der Waals surface area contributed by atoms with Crippen LogP contribution in [0, 0.1) is 0 Å². The molecule has 0 amide bonds. The van der Waals surface area contributed by atoms with Crippen molar-refractivity contribution in [3.05, 3.63) is 51.7 Å². The first kappa shape index (κ1) is 12.4. The van der Waals surface area contributed by atoms with E-state index in [1.807, 2.05) is 24.3 Å². The van der Waals surface area contributed by atoms with Gasteiger partial charge in [-0.05, 0) is 46.1 Å². The highest BCUT2D eigenvalue weighted by Gasteiger charge is 2.04. The first-order valence-corrected chi connectivity index (χ1v) is 6.43. The maximum Gasteiger partial charge on any atom is 0.144 e. The highest BCUT2D eigenvalue weighted by molar-refractivity contribution is 9.10. The fourth-order valence-corrected chi connectivity index (χ4v) is 2.04. The number of rotatable bonds is 3. The van der Waals surface area contributed by atoms with Crippen LogP contribution in [0.4, 0.5) is 0 Å². The van der Waals surface area contributed by atoms with Crippen molar-refractivity contribution in [3.63, 3.8) is 0 Å². The average Bonchev–Trinajstić information content (AvgIpc) is 2.34. The van der Waals surface area contributed by atoms with Crippen molar-refractivity contribution < 1.29 is 4.74 Å². The summed E-state index contributed by atoms with van der Waals surface area (Å²) in [6.45, 7) is 2.06. The number of hydrogen-bond acceptors (Lipinski definition) is 2. The standard InChI is InChI=1S/C13H11BrClNO/c1-2-9-7-10(3-4-12(9)15)17-13-5-6-16-8-11(13)14/h3-8H,2H2,1H3. The smallest absolute Gasteiger partial charge is 0.144 e. The van der Waals surface area contributed by atoms with Gasteiger partial charge in [-0.1, -0.05) is 18.5 Å². The van der Waals surface area contributed by atoms with Crippen LogP contribution < -0.4 is 4.74 Å². The molecule has 17 heavy (non-hydrogen) atoms. The molecule has 0 fully saturated rings. The van der Waals surface area contributed by atoms with Crippen molar-refractivity contribution in [3.8, 4) is 11.5 Å². The molecule has 0 spiro atoms. The lowest BCUT2D eigenvalue weighted by molar-refractivity contribution is 0.478. The Morgan fingerprint density at radius 2 is 2.18 bits per heavy atom. The molecule has 1 aromatic heterocycles. The summed E-state index contributed by atoms with van der Waals surface area (Å²) in [5, 5.41) is 0.772. The molecule has 2 rings (SSSR count). The molecule has 1 aromatic carbocycles. The molecular weight excluding hydrogens is 302 g/mol. The monoisotopic (exact) mass is 311 g/mol. The zero-order valence-corrected chi connectivity index (χ0v) is 11.6. The third-order valence-corrected chi connectivity index (χ3v) is 3.33. The Bertz CT molecular complexity index is 531. The second kappa shape index (κ2) is 5.52. The summed E-state index contributed by atoms with van der Waals surface area (Å²) in [5.41, 5.74) is 1.08. The average molecular weight is 313 g/mol. The molecule has 0 bridgehead atoms. The maximum atomic E-state index is 6.06. The number of hydrogen-bond donors (Lipinski definition) is 0. The zero-order valence-electron chi connectivity index (χ0n) is 9.28. The molecule has 0 N–H and O–H groups in total. The summed E-state index contributed by atoms with van der Waals surface area (Å²) in [7, 11) is 0. The lowest BCUT2D eigenvalue weighted by atomic mass is 10.1. The Hall–Kier alpha value is -1.06. The van der Waals surface area contributed by atoms with E-state index in [0.29, 0.717) is 0 Å². The molecule has 0 saturated carbocycles. The Balaban J connectivity index is 2.28. The zero-order chi connectivity index (χ0) is 12.3. The van der Waals surface area contributed by atoms with Crippen LogP contribution in [0.15, 0.2) is 41.1 Å². The fourth-order valence-electron chi connectivity index (χ4n) is 1.46. The van der Waals surface area contributed by atoms with E-state index in [9.17, 15) is 0 Å². The van der Waals surface area contributed by atoms with E-state index in [4.69, 9.17) is 16.3 Å². The highest BCUT2D eigenvalue weighted by Crippen LogP contribution is 2.30. The molecule has 0 aliphatic rings. The molecule has 0 aliphatic heterocycles. The van der Waals surface area contributed by atoms with Gasteiger partial charge in [0.2, 0.25) is 0 Å². The minimum absolute atomic E-state index is 0.740. The van der Waals surface area contributed by atoms with Crippen LogP contribution in [0.25, 0.3) is 0 Å². The molecular formula is C13H11BrClNO. The summed E-state index contributed by atoms with van der Waals surface area (Å²) >= 11 is 9.45. The third-order valence-electron chi connectivity index (χ3n) is 2.36. The van der Waals surface area contributed by atoms with Gasteiger partial charge in [-0.25, -0.2) is 0 Å². The summed E-state index contributed by atoms with van der Waals surface area (Å²) in [6, 6.07) is 7.47. The molecule has 0 aliphatic carbocycles. The van der Waals surface area contributed by atoms with Crippen molar-refractivity contribution >= 4 is 27.5 Å². The van der Waals surface area contributed by atoms with Gasteiger partial charge in [-0.3, -0.25) is 4.98 Å². The Morgan fingerprint density at radius 3 is 2.88 bits per heavy atom. The van der Waals surface area contributed by atoms with Gasteiger partial charge in [0.1, 0.15) is 11.5 Å². The molecule has 0 radical (unpaired) electrons. The molecule has 2 nitrogen and oxygen atoms in total. The molecule has 4 heteroatoms. The van der Waals surface area contributed by atoms with E-state index in [1.54, 1.807) is 12.4 Å². The summed E-state index contributed by atoms with van der Waals surface area (Å²) in [5.74, 6) is 1.52. The lowest BCUT2D eigenvalue weighted by Gasteiger charge is -2.09. The first-order valence-electron chi connectivity index (χ1n) is 5.26. The predicted molar refractivity (Wildman–Crippen MR) is 72.8 cm³/mol. The minimum atomic E-state index is 0.740. The van der Waals surface area contributed by atoms with Crippen LogP contribution in [-0.4, -0.2) is 4.98 Å². The first-order chi connectivity index (χ1) is 8.20. The molecule has 0 saturated heterocycles. The van der Waals surface area contributed by atoms with Gasteiger partial charge in [0.25, 0.3) is 0 Å². The van der Waals surface area contributed by atoms with Gasteiger partial charge >= 0.3 is 0 Å². The van der Waals surface area contributed by atoms with E-state index in [1.165, 1.54) is 0 Å². The van der Waals surface area contributed by atoms with Crippen molar-refractivity contribution in [2.75, 3.05) is 0 Å². The van der Waals surface area contributed by atoms with E-state index in [0.717, 1.165) is 33.0 Å². The van der Waals surface area contributed by atoms with Crippen LogP contribution in [0.2, 0.25) is 5.02 Å². The number of nitrogens with zero attached hydrogens (tertiary/aromatic N) is 1. The normalized spacial score (nSPS) is 10.3. The second-order valence-corrected chi connectivity index (χ2v) is 4.78. The number of benzene rings is 1. The van der Waals surface area contributed by atoms with Crippen molar-refractivity contribution in [2.24, 2.45) is 0 Å². The highest BCUT2D eigenvalue weighted by atomic mass is 79.9. The second-order valence-electron chi connectivity index (χ2n) is 3.51. The fraction of sp³-hybridized carbons (Fsp3) is 0.154. The number of ether oxygens (including phenoxy) is 1. The topological polar surface area (TPSA) is 22.1 Å². The summed E-state index contributed by atoms with van der Waals surface area (Å²) in [6.07, 6.45) is 4.27. The molecule has 1 heterocycles. The predicted octanol–water partition coefficient (Wildman–Crippen LogP) is 4.85. The van der Waals surface area contributed by atoms with Gasteiger partial charge in [0.15, 0.2) is 0 Å². The Morgan fingerprint density at radius 1 is 1.35 bits per heavy atom. The number of aromatic nitrogens is 1. The number of aryl methyl sites for hydroxylation is 1. The van der Waals surface area contributed by atoms with E-state index < -0.39 is 0 Å². The van der Waals surface area contributed by atoms with Crippen LogP contribution in [0.1, 0.15) is 12.5 Å². The third kappa shape index (κ3) is 2.99. The maximum absolute atomic E-state index is 6.06. The Labute approximate surface area is 114 Å². The SMILES string of the molecule is CCc1cc(Oc2ccncc2Br)ccc1Cl. The van der Waals surface area contributed by atoms with Gasteiger partial charge in [-0.2, -0.15) is 0 Å². The molecule has 0 atom stereocenters.